The first-order valence-electron chi connectivity index (χ1n) is 6.85. The molecule has 2 rings (SSSR count). The van der Waals surface area contributed by atoms with Gasteiger partial charge >= 0.3 is 0 Å². The number of hydrogen-bond donors (Lipinski definition) is 2. The van der Waals surface area contributed by atoms with Crippen LogP contribution in [0.1, 0.15) is 16.8 Å². The number of nitrogens with one attached hydrogen (secondary N) is 2. The lowest BCUT2D eigenvalue weighted by molar-refractivity contribution is 0.0954. The predicted molar refractivity (Wildman–Crippen MR) is 91.8 cm³/mol. The molecule has 7 heteroatoms. The number of carbonyl (C=O) groups excluding carboxylic acids is 1. The van der Waals surface area contributed by atoms with Crippen LogP contribution in [-0.2, 0) is 7.05 Å². The van der Waals surface area contributed by atoms with Crippen LogP contribution in [0.15, 0.2) is 30.5 Å². The fourth-order valence-corrected chi connectivity index (χ4v) is 2.29. The maximum atomic E-state index is 12.3. The molecule has 1 heterocycles. The van der Waals surface area contributed by atoms with Crippen molar-refractivity contribution in [2.75, 3.05) is 20.1 Å². The smallest absolute Gasteiger partial charge is 0.255 e. The van der Waals surface area contributed by atoms with E-state index in [1.165, 1.54) is 0 Å². The molecular weight excluding hydrogens is 323 g/mol. The SMILES string of the molecule is CNCCCNC(=O)c1cn(C)nc1-c1ccccc1Cl.Cl. The van der Waals surface area contributed by atoms with Crippen LogP contribution in [0.3, 0.4) is 0 Å². The molecule has 0 aliphatic carbocycles. The van der Waals surface area contributed by atoms with E-state index in [1.807, 2.05) is 25.2 Å². The van der Waals surface area contributed by atoms with Gasteiger partial charge in [-0.05, 0) is 26.1 Å². The molecule has 0 fully saturated rings. The highest BCUT2D eigenvalue weighted by Gasteiger charge is 2.18. The number of amides is 1. The van der Waals surface area contributed by atoms with E-state index in [-0.39, 0.29) is 18.3 Å². The van der Waals surface area contributed by atoms with Crippen LogP contribution in [0.2, 0.25) is 5.02 Å². The van der Waals surface area contributed by atoms with Crippen LogP contribution in [0.5, 0.6) is 0 Å². The Morgan fingerprint density at radius 2 is 2.05 bits per heavy atom. The third kappa shape index (κ3) is 4.47. The minimum absolute atomic E-state index is 0. The molecule has 5 nitrogen and oxygen atoms in total. The maximum absolute atomic E-state index is 12.3. The molecule has 0 spiro atoms. The Morgan fingerprint density at radius 3 is 2.73 bits per heavy atom. The van der Waals surface area contributed by atoms with Gasteiger partial charge in [0.05, 0.1) is 10.6 Å². The Labute approximate surface area is 141 Å². The van der Waals surface area contributed by atoms with E-state index in [1.54, 1.807) is 24.0 Å². The standard InChI is InChI=1S/C15H19ClN4O.ClH/c1-17-8-5-9-18-15(21)12-10-20(2)19-14(12)11-6-3-4-7-13(11)16;/h3-4,6-7,10,17H,5,8-9H2,1-2H3,(H,18,21);1H. The summed E-state index contributed by atoms with van der Waals surface area (Å²) in [7, 11) is 3.68. The summed E-state index contributed by atoms with van der Waals surface area (Å²) in [5.74, 6) is -0.130. The zero-order chi connectivity index (χ0) is 15.2. The second kappa shape index (κ2) is 8.78. The Hall–Kier alpha value is -1.56. The van der Waals surface area contributed by atoms with Crippen molar-refractivity contribution in [3.05, 3.63) is 41.0 Å². The topological polar surface area (TPSA) is 58.9 Å². The minimum atomic E-state index is -0.130. The Bertz CT molecular complexity index is 628. The van der Waals surface area contributed by atoms with Crippen LogP contribution < -0.4 is 10.6 Å². The number of hydrogen-bond acceptors (Lipinski definition) is 3. The van der Waals surface area contributed by atoms with Crippen molar-refractivity contribution in [2.24, 2.45) is 7.05 Å². The van der Waals surface area contributed by atoms with E-state index in [4.69, 9.17) is 11.6 Å². The summed E-state index contributed by atoms with van der Waals surface area (Å²) in [5, 5.41) is 10.9. The first-order valence-corrected chi connectivity index (χ1v) is 7.22. The number of benzene rings is 1. The van der Waals surface area contributed by atoms with Gasteiger partial charge in [0.1, 0.15) is 5.69 Å². The molecule has 0 unspecified atom stereocenters. The highest BCUT2D eigenvalue weighted by Crippen LogP contribution is 2.28. The van der Waals surface area contributed by atoms with E-state index < -0.39 is 0 Å². The summed E-state index contributed by atoms with van der Waals surface area (Å²) in [4.78, 5) is 12.3. The van der Waals surface area contributed by atoms with Crippen molar-refractivity contribution >= 4 is 29.9 Å². The van der Waals surface area contributed by atoms with E-state index in [2.05, 4.69) is 15.7 Å². The molecule has 0 atom stereocenters. The summed E-state index contributed by atoms with van der Waals surface area (Å²) >= 11 is 6.20. The second-order valence-electron chi connectivity index (χ2n) is 4.76. The molecule has 0 aliphatic heterocycles. The van der Waals surface area contributed by atoms with Gasteiger partial charge in [0.2, 0.25) is 0 Å². The fraction of sp³-hybridized carbons (Fsp3) is 0.333. The third-order valence-electron chi connectivity index (χ3n) is 3.09. The number of halogens is 2. The lowest BCUT2D eigenvalue weighted by Crippen LogP contribution is -2.26. The highest BCUT2D eigenvalue weighted by atomic mass is 35.5. The number of nitrogens with zero attached hydrogens (tertiary/aromatic N) is 2. The van der Waals surface area contributed by atoms with Gasteiger partial charge in [0.15, 0.2) is 0 Å². The van der Waals surface area contributed by atoms with Crippen LogP contribution >= 0.6 is 24.0 Å². The monoisotopic (exact) mass is 342 g/mol. The Morgan fingerprint density at radius 1 is 1.32 bits per heavy atom. The molecule has 0 saturated heterocycles. The Kier molecular flexibility index (Phi) is 7.38. The van der Waals surface area contributed by atoms with Crippen molar-refractivity contribution in [1.82, 2.24) is 20.4 Å². The Balaban J connectivity index is 0.00000242. The first kappa shape index (κ1) is 18.5. The van der Waals surface area contributed by atoms with Crippen molar-refractivity contribution < 1.29 is 4.79 Å². The molecule has 1 aromatic heterocycles. The number of rotatable bonds is 6. The van der Waals surface area contributed by atoms with Crippen molar-refractivity contribution in [3.8, 4) is 11.3 Å². The van der Waals surface area contributed by atoms with Gasteiger partial charge in [0, 0.05) is 25.4 Å². The molecule has 2 N–H and O–H groups in total. The fourth-order valence-electron chi connectivity index (χ4n) is 2.07. The van der Waals surface area contributed by atoms with Crippen LogP contribution in [0, 0.1) is 0 Å². The molecule has 0 saturated carbocycles. The number of aromatic nitrogens is 2. The molecule has 0 radical (unpaired) electrons. The molecule has 2 aromatic rings. The largest absolute Gasteiger partial charge is 0.352 e. The van der Waals surface area contributed by atoms with Crippen LogP contribution in [-0.4, -0.2) is 35.8 Å². The van der Waals surface area contributed by atoms with Crippen molar-refractivity contribution in [1.29, 1.82) is 0 Å². The summed E-state index contributed by atoms with van der Waals surface area (Å²) in [6, 6.07) is 7.39. The molecule has 1 amide bonds. The van der Waals surface area contributed by atoms with Gasteiger partial charge in [-0.3, -0.25) is 9.48 Å². The van der Waals surface area contributed by atoms with Gasteiger partial charge in [-0.2, -0.15) is 5.10 Å². The average Bonchev–Trinajstić information content (AvgIpc) is 2.86. The lowest BCUT2D eigenvalue weighted by atomic mass is 10.1. The van der Waals surface area contributed by atoms with E-state index in [0.29, 0.717) is 22.8 Å². The second-order valence-corrected chi connectivity index (χ2v) is 5.17. The summed E-state index contributed by atoms with van der Waals surface area (Å²) in [6.07, 6.45) is 2.59. The van der Waals surface area contributed by atoms with Gasteiger partial charge in [0.25, 0.3) is 5.91 Å². The first-order chi connectivity index (χ1) is 10.1. The lowest BCUT2D eigenvalue weighted by Gasteiger charge is -2.06. The zero-order valence-corrected chi connectivity index (χ0v) is 14.2. The summed E-state index contributed by atoms with van der Waals surface area (Å²) in [5.41, 5.74) is 1.91. The zero-order valence-electron chi connectivity index (χ0n) is 12.6. The van der Waals surface area contributed by atoms with E-state index in [0.717, 1.165) is 18.5 Å². The maximum Gasteiger partial charge on any atom is 0.255 e. The van der Waals surface area contributed by atoms with Crippen LogP contribution in [0.4, 0.5) is 0 Å². The van der Waals surface area contributed by atoms with Gasteiger partial charge in [-0.15, -0.1) is 12.4 Å². The van der Waals surface area contributed by atoms with Gasteiger partial charge < -0.3 is 10.6 Å². The normalized spacial score (nSPS) is 10.1. The highest BCUT2D eigenvalue weighted by molar-refractivity contribution is 6.33. The van der Waals surface area contributed by atoms with E-state index >= 15 is 0 Å². The average molecular weight is 343 g/mol. The molecule has 1 aromatic carbocycles. The molecule has 120 valence electrons. The summed E-state index contributed by atoms with van der Waals surface area (Å²) in [6.45, 7) is 1.49. The number of aryl methyl sites for hydroxylation is 1. The predicted octanol–water partition coefficient (Wildman–Crippen LogP) is 2.50. The van der Waals surface area contributed by atoms with Crippen molar-refractivity contribution in [2.45, 2.75) is 6.42 Å². The van der Waals surface area contributed by atoms with Crippen LogP contribution in [0.25, 0.3) is 11.3 Å². The third-order valence-corrected chi connectivity index (χ3v) is 3.42. The summed E-state index contributed by atoms with van der Waals surface area (Å²) < 4.78 is 1.63. The molecular formula is C15H20Cl2N4O. The molecule has 0 bridgehead atoms. The van der Waals surface area contributed by atoms with Gasteiger partial charge in [-0.25, -0.2) is 0 Å². The minimum Gasteiger partial charge on any atom is -0.352 e. The quantitative estimate of drug-likeness (QED) is 0.793. The number of carbonyl (C=O) groups is 1. The van der Waals surface area contributed by atoms with Gasteiger partial charge in [-0.1, -0.05) is 29.8 Å². The van der Waals surface area contributed by atoms with Crippen molar-refractivity contribution in [3.63, 3.8) is 0 Å². The molecule has 22 heavy (non-hydrogen) atoms. The van der Waals surface area contributed by atoms with E-state index in [9.17, 15) is 4.79 Å². The molecule has 0 aliphatic rings.